The fraction of sp³-hybridized carbons (Fsp3) is 0.737. The molecule has 2 amide bonds. The van der Waals surface area contributed by atoms with Crippen LogP contribution in [0.25, 0.3) is 0 Å². The second kappa shape index (κ2) is 8.20. The number of fused-ring (bicyclic) bond motifs is 4. The van der Waals surface area contributed by atoms with E-state index >= 15 is 0 Å². The van der Waals surface area contributed by atoms with Crippen molar-refractivity contribution in [2.24, 2.45) is 5.92 Å². The van der Waals surface area contributed by atoms with Gasteiger partial charge in [0.2, 0.25) is 5.91 Å². The summed E-state index contributed by atoms with van der Waals surface area (Å²) in [6.07, 6.45) is 2.82. The molecule has 144 valence electrons. The molecule has 1 aromatic heterocycles. The summed E-state index contributed by atoms with van der Waals surface area (Å²) in [6, 6.07) is 1.98. The Kier molecular flexibility index (Phi) is 5.96. The van der Waals surface area contributed by atoms with Gasteiger partial charge in [-0.3, -0.25) is 14.3 Å². The molecular formula is C19H30N4O3. The Labute approximate surface area is 155 Å². The molecule has 0 spiro atoms. The molecule has 7 nitrogen and oxygen atoms in total. The van der Waals surface area contributed by atoms with Crippen molar-refractivity contribution in [1.82, 2.24) is 19.6 Å². The summed E-state index contributed by atoms with van der Waals surface area (Å²) >= 11 is 0. The van der Waals surface area contributed by atoms with Crippen molar-refractivity contribution >= 4 is 11.8 Å². The Morgan fingerprint density at radius 1 is 1.27 bits per heavy atom. The molecule has 4 heterocycles. The Hall–Kier alpha value is -1.89. The van der Waals surface area contributed by atoms with Crippen LogP contribution in [-0.2, 0) is 16.1 Å². The van der Waals surface area contributed by atoms with Gasteiger partial charge in [0, 0.05) is 32.3 Å². The van der Waals surface area contributed by atoms with Gasteiger partial charge in [0.1, 0.15) is 5.69 Å². The first-order chi connectivity index (χ1) is 12.5. The van der Waals surface area contributed by atoms with Crippen LogP contribution in [0.2, 0.25) is 0 Å². The van der Waals surface area contributed by atoms with E-state index in [2.05, 4.69) is 12.0 Å². The van der Waals surface area contributed by atoms with Gasteiger partial charge in [0.05, 0.1) is 24.8 Å². The van der Waals surface area contributed by atoms with E-state index in [1.54, 1.807) is 4.68 Å². The lowest BCUT2D eigenvalue weighted by Crippen LogP contribution is -2.48. The Morgan fingerprint density at radius 3 is 2.81 bits per heavy atom. The van der Waals surface area contributed by atoms with Crippen LogP contribution in [0.5, 0.6) is 0 Å². The molecule has 0 saturated carbocycles. The molecule has 0 N–H and O–H groups in total. The van der Waals surface area contributed by atoms with Crippen LogP contribution in [-0.4, -0.2) is 70.3 Å². The normalized spacial score (nSPS) is 22.8. The number of carbonyl (C=O) groups is 2. The zero-order valence-electron chi connectivity index (χ0n) is 16.1. The molecule has 2 unspecified atom stereocenters. The summed E-state index contributed by atoms with van der Waals surface area (Å²) in [5.41, 5.74) is 1.42. The van der Waals surface area contributed by atoms with E-state index in [-0.39, 0.29) is 23.8 Å². The number of ether oxygens (including phenoxy) is 1. The number of rotatable bonds is 7. The van der Waals surface area contributed by atoms with Crippen LogP contribution in [0, 0.1) is 12.8 Å². The van der Waals surface area contributed by atoms with Gasteiger partial charge in [-0.1, -0.05) is 6.92 Å². The topological polar surface area (TPSA) is 67.7 Å². The highest BCUT2D eigenvalue weighted by molar-refractivity contribution is 5.93. The molecule has 0 aromatic carbocycles. The van der Waals surface area contributed by atoms with Crippen molar-refractivity contribution in [2.75, 3.05) is 32.8 Å². The third-order valence-corrected chi connectivity index (χ3v) is 5.32. The third-order valence-electron chi connectivity index (χ3n) is 5.32. The van der Waals surface area contributed by atoms with E-state index in [0.717, 1.165) is 31.5 Å². The van der Waals surface area contributed by atoms with E-state index in [0.29, 0.717) is 38.5 Å². The van der Waals surface area contributed by atoms with E-state index in [4.69, 9.17) is 4.74 Å². The number of amides is 2. The summed E-state index contributed by atoms with van der Waals surface area (Å²) in [6.45, 7) is 9.60. The second-order valence-corrected chi connectivity index (χ2v) is 7.26. The number of aromatic nitrogens is 2. The Balaban J connectivity index is 1.77. The van der Waals surface area contributed by atoms with Crippen LogP contribution >= 0.6 is 0 Å². The number of nitrogens with zero attached hydrogens (tertiary/aromatic N) is 4. The Morgan fingerprint density at radius 2 is 2.08 bits per heavy atom. The molecule has 2 atom stereocenters. The van der Waals surface area contributed by atoms with Gasteiger partial charge in [-0.25, -0.2) is 0 Å². The highest BCUT2D eigenvalue weighted by Crippen LogP contribution is 2.30. The van der Waals surface area contributed by atoms with Crippen molar-refractivity contribution < 1.29 is 14.3 Å². The van der Waals surface area contributed by atoms with Gasteiger partial charge in [0.25, 0.3) is 5.91 Å². The first kappa shape index (κ1) is 18.9. The van der Waals surface area contributed by atoms with Crippen molar-refractivity contribution in [2.45, 2.75) is 52.6 Å². The first-order valence-corrected chi connectivity index (χ1v) is 9.77. The summed E-state index contributed by atoms with van der Waals surface area (Å²) in [5.74, 6) is 0.134. The fourth-order valence-electron chi connectivity index (χ4n) is 4.09. The predicted molar refractivity (Wildman–Crippen MR) is 97.9 cm³/mol. The highest BCUT2D eigenvalue weighted by Gasteiger charge is 2.42. The van der Waals surface area contributed by atoms with Crippen molar-refractivity contribution in [3.63, 3.8) is 0 Å². The van der Waals surface area contributed by atoms with Crippen molar-refractivity contribution in [3.05, 3.63) is 17.5 Å². The summed E-state index contributed by atoms with van der Waals surface area (Å²) in [7, 11) is 0. The van der Waals surface area contributed by atoms with Crippen LogP contribution in [0.15, 0.2) is 6.07 Å². The maximum atomic E-state index is 13.2. The standard InChI is InChI=1S/C19H30N4O3/c1-4-8-22-16-7-6-15(18(22)24)12-21(13-16)19(25)17-11-14(3)20-23(17)9-10-26-5-2/h11,15-16H,4-10,12-13H2,1-3H3. The molecule has 2 bridgehead atoms. The third kappa shape index (κ3) is 3.77. The monoisotopic (exact) mass is 362 g/mol. The largest absolute Gasteiger partial charge is 0.380 e. The summed E-state index contributed by atoms with van der Waals surface area (Å²) < 4.78 is 7.15. The van der Waals surface area contributed by atoms with E-state index < -0.39 is 0 Å². The first-order valence-electron chi connectivity index (χ1n) is 9.77. The van der Waals surface area contributed by atoms with Crippen LogP contribution in [0.4, 0.5) is 0 Å². The van der Waals surface area contributed by atoms with E-state index in [1.807, 2.05) is 29.7 Å². The maximum Gasteiger partial charge on any atom is 0.272 e. The number of hydrogen-bond acceptors (Lipinski definition) is 4. The summed E-state index contributed by atoms with van der Waals surface area (Å²) in [5, 5.41) is 4.45. The minimum atomic E-state index is -0.0647. The molecule has 1 aromatic rings. The molecule has 3 aliphatic heterocycles. The van der Waals surface area contributed by atoms with Crippen molar-refractivity contribution in [1.29, 1.82) is 0 Å². The molecule has 3 aliphatic rings. The summed E-state index contributed by atoms with van der Waals surface area (Å²) in [4.78, 5) is 29.8. The lowest BCUT2D eigenvalue weighted by molar-refractivity contribution is -0.139. The second-order valence-electron chi connectivity index (χ2n) is 7.26. The van der Waals surface area contributed by atoms with Crippen LogP contribution < -0.4 is 0 Å². The molecule has 3 saturated heterocycles. The number of hydrogen-bond donors (Lipinski definition) is 0. The van der Waals surface area contributed by atoms with E-state index in [1.165, 1.54) is 0 Å². The fourth-order valence-corrected chi connectivity index (χ4v) is 4.09. The molecule has 7 heteroatoms. The molecule has 26 heavy (non-hydrogen) atoms. The Bertz CT molecular complexity index is 657. The SMILES string of the molecule is CCCN1C(=O)C2CCC1CN(C(=O)c1cc(C)nn1CCOCC)C2. The molecular weight excluding hydrogens is 332 g/mol. The lowest BCUT2D eigenvalue weighted by atomic mass is 9.94. The lowest BCUT2D eigenvalue weighted by Gasteiger charge is -2.35. The molecule has 4 rings (SSSR count). The van der Waals surface area contributed by atoms with Gasteiger partial charge in [-0.05, 0) is 39.2 Å². The van der Waals surface area contributed by atoms with Gasteiger partial charge in [-0.15, -0.1) is 0 Å². The molecule has 3 fully saturated rings. The molecule has 0 radical (unpaired) electrons. The number of piperidine rings is 1. The van der Waals surface area contributed by atoms with Gasteiger partial charge in [-0.2, -0.15) is 5.10 Å². The van der Waals surface area contributed by atoms with Gasteiger partial charge in [0.15, 0.2) is 0 Å². The van der Waals surface area contributed by atoms with Gasteiger partial charge < -0.3 is 14.5 Å². The zero-order valence-corrected chi connectivity index (χ0v) is 16.1. The van der Waals surface area contributed by atoms with Crippen molar-refractivity contribution in [3.8, 4) is 0 Å². The average Bonchev–Trinajstić information content (AvgIpc) is 2.80. The minimum Gasteiger partial charge on any atom is -0.380 e. The quantitative estimate of drug-likeness (QED) is 0.693. The number of aryl methyl sites for hydroxylation is 1. The molecule has 0 aliphatic carbocycles. The zero-order chi connectivity index (χ0) is 18.7. The smallest absolute Gasteiger partial charge is 0.272 e. The van der Waals surface area contributed by atoms with Crippen LogP contribution in [0.3, 0.4) is 0 Å². The van der Waals surface area contributed by atoms with E-state index in [9.17, 15) is 9.59 Å². The van der Waals surface area contributed by atoms with Gasteiger partial charge >= 0.3 is 0 Å². The van der Waals surface area contributed by atoms with Crippen LogP contribution in [0.1, 0.15) is 49.3 Å². The highest BCUT2D eigenvalue weighted by atomic mass is 16.5. The number of carbonyl (C=O) groups excluding carboxylic acids is 2. The average molecular weight is 362 g/mol. The minimum absolute atomic E-state index is 0.0230. The predicted octanol–water partition coefficient (Wildman–Crippen LogP) is 1.70. The maximum absolute atomic E-state index is 13.2.